The van der Waals surface area contributed by atoms with E-state index < -0.39 is 10.8 Å². The predicted octanol–water partition coefficient (Wildman–Crippen LogP) is 2.99. The first kappa shape index (κ1) is 18.8. The van der Waals surface area contributed by atoms with Crippen molar-refractivity contribution in [1.29, 1.82) is 0 Å². The fraction of sp³-hybridized carbons (Fsp3) is 0.526. The van der Waals surface area contributed by atoms with Crippen LogP contribution in [0, 0.1) is 12.8 Å². The summed E-state index contributed by atoms with van der Waals surface area (Å²) in [6.45, 7) is 4.25. The lowest BCUT2D eigenvalue weighted by molar-refractivity contribution is -0.119. The van der Waals surface area contributed by atoms with E-state index in [9.17, 15) is 9.00 Å². The van der Waals surface area contributed by atoms with Gasteiger partial charge in [-0.3, -0.25) is 9.00 Å². The molecule has 0 radical (unpaired) electrons. The third-order valence-electron chi connectivity index (χ3n) is 4.74. The van der Waals surface area contributed by atoms with E-state index in [-0.39, 0.29) is 29.3 Å². The van der Waals surface area contributed by atoms with Crippen molar-refractivity contribution in [1.82, 2.24) is 15.5 Å². The molecule has 1 aliphatic carbocycles. The van der Waals surface area contributed by atoms with Crippen molar-refractivity contribution < 1.29 is 13.5 Å². The molecule has 0 aliphatic heterocycles. The van der Waals surface area contributed by atoms with Crippen LogP contribution in [0.4, 0.5) is 0 Å². The zero-order chi connectivity index (χ0) is 18.5. The minimum atomic E-state index is -1.37. The van der Waals surface area contributed by atoms with Crippen LogP contribution in [0.2, 0.25) is 0 Å². The number of amides is 1. The predicted molar refractivity (Wildman–Crippen MR) is 101 cm³/mol. The molecule has 26 heavy (non-hydrogen) atoms. The summed E-state index contributed by atoms with van der Waals surface area (Å²) >= 11 is 0. The number of carbonyl (C=O) groups excluding carboxylic acids is 1. The Hall–Kier alpha value is -2.02. The van der Waals surface area contributed by atoms with Crippen LogP contribution in [0.3, 0.4) is 0 Å². The second-order valence-electron chi connectivity index (χ2n) is 7.13. The molecule has 0 bridgehead atoms. The van der Waals surface area contributed by atoms with Crippen LogP contribution >= 0.6 is 0 Å². The molecule has 1 heterocycles. The lowest BCUT2D eigenvalue weighted by Crippen LogP contribution is -2.39. The van der Waals surface area contributed by atoms with Crippen molar-refractivity contribution in [2.45, 2.75) is 51.3 Å². The molecule has 1 atom stereocenters. The molecule has 2 aromatic rings. The Labute approximate surface area is 156 Å². The molecule has 1 aromatic heterocycles. The summed E-state index contributed by atoms with van der Waals surface area (Å²) in [4.78, 5) is 16.4. The Balaban J connectivity index is 1.49. The molecular formula is C19H25N3O3S. The first-order chi connectivity index (χ1) is 12.5. The van der Waals surface area contributed by atoms with Gasteiger partial charge in [0, 0.05) is 22.4 Å². The van der Waals surface area contributed by atoms with Crippen LogP contribution < -0.4 is 5.32 Å². The molecule has 1 saturated carbocycles. The highest BCUT2D eigenvalue weighted by molar-refractivity contribution is 7.84. The molecule has 1 fully saturated rings. The highest BCUT2D eigenvalue weighted by Crippen LogP contribution is 2.23. The van der Waals surface area contributed by atoms with Crippen molar-refractivity contribution in [3.8, 4) is 11.4 Å². The van der Waals surface area contributed by atoms with E-state index in [2.05, 4.69) is 22.4 Å². The molecule has 0 saturated heterocycles. The smallest absolute Gasteiger partial charge is 0.239 e. The van der Waals surface area contributed by atoms with Crippen LogP contribution in [0.15, 0.2) is 28.8 Å². The quantitative estimate of drug-likeness (QED) is 0.839. The maximum absolute atomic E-state index is 12.2. The average Bonchev–Trinajstić information content (AvgIpc) is 3.05. The molecule has 1 aromatic carbocycles. The molecular weight excluding hydrogens is 350 g/mol. The van der Waals surface area contributed by atoms with Crippen molar-refractivity contribution in [3.05, 3.63) is 35.7 Å². The Kier molecular flexibility index (Phi) is 6.19. The monoisotopic (exact) mass is 375 g/mol. The lowest BCUT2D eigenvalue weighted by atomic mass is 9.87. The number of nitrogens with one attached hydrogen (secondary N) is 1. The van der Waals surface area contributed by atoms with Gasteiger partial charge in [0.05, 0.1) is 0 Å². The fourth-order valence-electron chi connectivity index (χ4n) is 3.14. The number of hydrogen-bond acceptors (Lipinski definition) is 5. The molecule has 6 nitrogen and oxygen atoms in total. The number of hydrogen-bond donors (Lipinski definition) is 1. The average molecular weight is 375 g/mol. The zero-order valence-corrected chi connectivity index (χ0v) is 16.1. The standard InChI is InChI=1S/C19H25N3O3S/c1-13-3-7-15(8-4-13)19-21-18(25-22-19)12-26(24)11-17(23)20-16-9-5-14(2)6-10-16/h3-4,7-8,14,16H,5-6,9-12H2,1-2H3,(H,20,23). The maximum Gasteiger partial charge on any atom is 0.239 e. The molecule has 0 spiro atoms. The van der Waals surface area contributed by atoms with Crippen LogP contribution in [0.5, 0.6) is 0 Å². The van der Waals surface area contributed by atoms with Crippen molar-refractivity contribution >= 4 is 16.7 Å². The highest BCUT2D eigenvalue weighted by Gasteiger charge is 2.21. The summed E-state index contributed by atoms with van der Waals surface area (Å²) in [5.74, 6) is 1.39. The van der Waals surface area contributed by atoms with E-state index >= 15 is 0 Å². The first-order valence-electron chi connectivity index (χ1n) is 9.03. The molecule has 1 unspecified atom stereocenters. The first-order valence-corrected chi connectivity index (χ1v) is 10.5. The molecule has 1 N–H and O–H groups in total. The number of aryl methyl sites for hydroxylation is 1. The zero-order valence-electron chi connectivity index (χ0n) is 15.2. The second-order valence-corrected chi connectivity index (χ2v) is 8.59. The number of benzene rings is 1. The molecule has 7 heteroatoms. The fourth-order valence-corrected chi connectivity index (χ4v) is 4.01. The van der Waals surface area contributed by atoms with Crippen LogP contribution in [-0.4, -0.2) is 32.1 Å². The largest absolute Gasteiger partial charge is 0.353 e. The Morgan fingerprint density at radius 2 is 1.92 bits per heavy atom. The number of aromatic nitrogens is 2. The second kappa shape index (κ2) is 8.58. The van der Waals surface area contributed by atoms with Gasteiger partial charge in [-0.05, 0) is 38.5 Å². The van der Waals surface area contributed by atoms with E-state index in [1.807, 2.05) is 31.2 Å². The van der Waals surface area contributed by atoms with E-state index in [1.54, 1.807) is 0 Å². The maximum atomic E-state index is 12.2. The van der Waals surface area contributed by atoms with Gasteiger partial charge in [-0.2, -0.15) is 4.98 Å². The van der Waals surface area contributed by atoms with Gasteiger partial charge in [0.25, 0.3) is 0 Å². The normalized spacial score (nSPS) is 21.3. The molecule has 1 aliphatic rings. The van der Waals surface area contributed by atoms with E-state index in [4.69, 9.17) is 4.52 Å². The summed E-state index contributed by atoms with van der Waals surface area (Å²) in [5, 5.41) is 6.92. The van der Waals surface area contributed by atoms with Crippen molar-refractivity contribution in [2.24, 2.45) is 5.92 Å². The Bertz CT molecular complexity index is 765. The highest BCUT2D eigenvalue weighted by atomic mass is 32.2. The van der Waals surface area contributed by atoms with Crippen LogP contribution in [0.25, 0.3) is 11.4 Å². The molecule has 3 rings (SSSR count). The summed E-state index contributed by atoms with van der Waals surface area (Å²) in [5.41, 5.74) is 2.00. The topological polar surface area (TPSA) is 85.1 Å². The Morgan fingerprint density at radius 1 is 1.23 bits per heavy atom. The minimum Gasteiger partial charge on any atom is -0.353 e. The third kappa shape index (κ3) is 5.24. The van der Waals surface area contributed by atoms with Gasteiger partial charge in [-0.15, -0.1) is 0 Å². The van der Waals surface area contributed by atoms with Crippen LogP contribution in [0.1, 0.15) is 44.1 Å². The number of carbonyl (C=O) groups is 1. The number of rotatable bonds is 6. The van der Waals surface area contributed by atoms with Gasteiger partial charge in [-0.25, -0.2) is 0 Å². The molecule has 140 valence electrons. The molecule has 1 amide bonds. The van der Waals surface area contributed by atoms with E-state index in [0.717, 1.165) is 42.7 Å². The lowest BCUT2D eigenvalue weighted by Gasteiger charge is -2.26. The van der Waals surface area contributed by atoms with Gasteiger partial charge < -0.3 is 9.84 Å². The van der Waals surface area contributed by atoms with Gasteiger partial charge in [0.1, 0.15) is 11.5 Å². The van der Waals surface area contributed by atoms with Gasteiger partial charge in [0.2, 0.25) is 17.6 Å². The summed E-state index contributed by atoms with van der Waals surface area (Å²) in [7, 11) is -1.37. The minimum absolute atomic E-state index is 0.0334. The van der Waals surface area contributed by atoms with Crippen molar-refractivity contribution in [3.63, 3.8) is 0 Å². The van der Waals surface area contributed by atoms with Gasteiger partial charge in [-0.1, -0.05) is 41.9 Å². The SMILES string of the molecule is Cc1ccc(-c2noc(CS(=O)CC(=O)NC3CCC(C)CC3)n2)cc1. The van der Waals surface area contributed by atoms with E-state index in [1.165, 1.54) is 0 Å². The number of nitrogens with zero attached hydrogens (tertiary/aromatic N) is 2. The third-order valence-corrected chi connectivity index (χ3v) is 5.89. The van der Waals surface area contributed by atoms with Gasteiger partial charge >= 0.3 is 0 Å². The van der Waals surface area contributed by atoms with Crippen molar-refractivity contribution in [2.75, 3.05) is 5.75 Å². The summed E-state index contributed by atoms with van der Waals surface area (Å²) in [6, 6.07) is 7.99. The van der Waals surface area contributed by atoms with Gasteiger partial charge in [0.15, 0.2) is 0 Å². The Morgan fingerprint density at radius 3 is 2.62 bits per heavy atom. The summed E-state index contributed by atoms with van der Waals surface area (Å²) < 4.78 is 17.4. The van der Waals surface area contributed by atoms with E-state index in [0.29, 0.717) is 5.82 Å². The summed E-state index contributed by atoms with van der Waals surface area (Å²) in [6.07, 6.45) is 4.28. The van der Waals surface area contributed by atoms with Crippen LogP contribution in [-0.2, 0) is 21.3 Å².